The average molecular weight is 516 g/mol. The Balaban J connectivity index is 1.13. The van der Waals surface area contributed by atoms with E-state index in [-0.39, 0.29) is 6.03 Å². The number of nitrogens with one attached hydrogen (secondary N) is 2. The highest BCUT2D eigenvalue weighted by Gasteiger charge is 2.23. The first-order chi connectivity index (χ1) is 18.7. The number of aromatic nitrogens is 2. The number of amides is 2. The molecule has 1 saturated carbocycles. The van der Waals surface area contributed by atoms with Crippen LogP contribution in [0.1, 0.15) is 37.7 Å². The molecule has 2 fully saturated rings. The van der Waals surface area contributed by atoms with E-state index in [4.69, 9.17) is 14.5 Å². The van der Waals surface area contributed by atoms with Gasteiger partial charge in [0, 0.05) is 67.7 Å². The van der Waals surface area contributed by atoms with Crippen LogP contribution in [0.5, 0.6) is 5.75 Å². The number of urea groups is 1. The summed E-state index contributed by atoms with van der Waals surface area (Å²) in [6, 6.07) is 10.9. The molecule has 2 amide bonds. The van der Waals surface area contributed by atoms with Crippen LogP contribution in [-0.4, -0.2) is 84.4 Å². The zero-order valence-corrected chi connectivity index (χ0v) is 22.0. The number of hydrogen-bond acceptors (Lipinski definition) is 5. The summed E-state index contributed by atoms with van der Waals surface area (Å²) >= 11 is 0. The first kappa shape index (κ1) is 24.9. The lowest BCUT2D eigenvalue weighted by molar-refractivity contribution is 0.0322. The van der Waals surface area contributed by atoms with E-state index >= 15 is 0 Å². The number of pyridine rings is 1. The zero-order valence-electron chi connectivity index (χ0n) is 22.0. The monoisotopic (exact) mass is 515 g/mol. The number of ether oxygens (including phenoxy) is 2. The highest BCUT2D eigenvalue weighted by Crippen LogP contribution is 2.32. The number of aromatic amines is 1. The quantitative estimate of drug-likeness (QED) is 0.477. The normalized spacial score (nSPS) is 19.1. The molecule has 0 atom stereocenters. The summed E-state index contributed by atoms with van der Waals surface area (Å²) < 4.78 is 11.5. The molecule has 4 heterocycles. The third kappa shape index (κ3) is 5.71. The second-order valence-electron chi connectivity index (χ2n) is 10.5. The molecule has 2 aromatic heterocycles. The first-order valence-corrected chi connectivity index (χ1v) is 14.0. The van der Waals surface area contributed by atoms with Crippen LogP contribution in [0.15, 0.2) is 48.8 Å². The number of nitrogens with zero attached hydrogens (tertiary/aromatic N) is 3. The number of morpholine rings is 1. The Kier molecular flexibility index (Phi) is 7.60. The van der Waals surface area contributed by atoms with Crippen LogP contribution in [0.4, 0.5) is 4.79 Å². The molecule has 1 aromatic carbocycles. The van der Waals surface area contributed by atoms with Crippen molar-refractivity contribution in [1.82, 2.24) is 25.1 Å². The van der Waals surface area contributed by atoms with Crippen LogP contribution in [0.25, 0.3) is 27.7 Å². The van der Waals surface area contributed by atoms with Crippen LogP contribution in [-0.2, 0) is 4.74 Å². The number of H-pyrrole nitrogens is 1. The lowest BCUT2D eigenvalue weighted by Crippen LogP contribution is -2.45. The summed E-state index contributed by atoms with van der Waals surface area (Å²) in [5.74, 6) is 0.871. The molecule has 38 heavy (non-hydrogen) atoms. The van der Waals surface area contributed by atoms with E-state index in [9.17, 15) is 4.79 Å². The van der Waals surface area contributed by atoms with E-state index in [0.29, 0.717) is 19.2 Å². The SMILES string of the molecule is O=C(NC1CCCC1)N1CC=C(c2c[nH]c3ncc(-c4cccc(OCCN5CCOCC5)c4)cc23)CC1. The fraction of sp³-hybridized carbons (Fsp3) is 0.467. The lowest BCUT2D eigenvalue weighted by Gasteiger charge is -2.28. The molecule has 0 spiro atoms. The average Bonchev–Trinajstić information content (AvgIpc) is 3.63. The minimum Gasteiger partial charge on any atom is -0.492 e. The summed E-state index contributed by atoms with van der Waals surface area (Å²) in [5, 5.41) is 4.32. The Hall–Kier alpha value is -3.36. The maximum atomic E-state index is 12.7. The van der Waals surface area contributed by atoms with Crippen molar-refractivity contribution in [3.8, 4) is 16.9 Å². The van der Waals surface area contributed by atoms with Crippen molar-refractivity contribution in [2.45, 2.75) is 38.1 Å². The molecule has 3 aliphatic rings. The minimum atomic E-state index is 0.0714. The van der Waals surface area contributed by atoms with Gasteiger partial charge in [-0.15, -0.1) is 0 Å². The van der Waals surface area contributed by atoms with E-state index in [1.165, 1.54) is 24.0 Å². The molecule has 1 aliphatic carbocycles. The number of carbonyl (C=O) groups is 1. The van der Waals surface area contributed by atoms with Crippen LogP contribution in [0.2, 0.25) is 0 Å². The Morgan fingerprint density at radius 1 is 1.13 bits per heavy atom. The van der Waals surface area contributed by atoms with Crippen LogP contribution >= 0.6 is 0 Å². The van der Waals surface area contributed by atoms with Gasteiger partial charge in [0.15, 0.2) is 0 Å². The van der Waals surface area contributed by atoms with Crippen LogP contribution in [0, 0.1) is 0 Å². The van der Waals surface area contributed by atoms with Gasteiger partial charge in [0.1, 0.15) is 18.0 Å². The summed E-state index contributed by atoms with van der Waals surface area (Å²) in [6.07, 6.45) is 11.6. The number of carbonyl (C=O) groups excluding carboxylic acids is 1. The number of benzene rings is 1. The van der Waals surface area contributed by atoms with Gasteiger partial charge in [-0.1, -0.05) is 31.1 Å². The van der Waals surface area contributed by atoms with Crippen LogP contribution < -0.4 is 10.1 Å². The Labute approximate surface area is 224 Å². The highest BCUT2D eigenvalue weighted by molar-refractivity contribution is 5.93. The van der Waals surface area contributed by atoms with Crippen molar-refractivity contribution in [2.75, 3.05) is 52.5 Å². The first-order valence-electron chi connectivity index (χ1n) is 14.0. The van der Waals surface area contributed by atoms with Gasteiger partial charge in [-0.3, -0.25) is 4.90 Å². The molecule has 0 radical (unpaired) electrons. The van der Waals surface area contributed by atoms with Crippen molar-refractivity contribution in [1.29, 1.82) is 0 Å². The van der Waals surface area contributed by atoms with E-state index in [1.807, 2.05) is 29.4 Å². The largest absolute Gasteiger partial charge is 0.492 e. The van der Waals surface area contributed by atoms with E-state index in [2.05, 4.69) is 39.5 Å². The van der Waals surface area contributed by atoms with E-state index < -0.39 is 0 Å². The maximum absolute atomic E-state index is 12.7. The molecule has 0 bridgehead atoms. The van der Waals surface area contributed by atoms with E-state index in [0.717, 1.165) is 86.6 Å². The van der Waals surface area contributed by atoms with E-state index in [1.54, 1.807) is 0 Å². The van der Waals surface area contributed by atoms with Crippen molar-refractivity contribution in [3.05, 3.63) is 54.4 Å². The molecular weight excluding hydrogens is 478 g/mol. The minimum absolute atomic E-state index is 0.0714. The molecule has 3 aromatic rings. The molecule has 0 unspecified atom stereocenters. The molecule has 8 heteroatoms. The highest BCUT2D eigenvalue weighted by atomic mass is 16.5. The van der Waals surface area contributed by atoms with Gasteiger partial charge in [0.2, 0.25) is 0 Å². The van der Waals surface area contributed by atoms with Crippen molar-refractivity contribution >= 4 is 22.6 Å². The van der Waals surface area contributed by atoms with Gasteiger partial charge in [0.05, 0.1) is 13.2 Å². The summed E-state index contributed by atoms with van der Waals surface area (Å²) in [6.45, 7) is 6.47. The molecule has 6 rings (SSSR count). The standard InChI is InChI=1S/C30H37N5O3/c36-30(33-25-5-1-2-6-25)35-10-8-22(9-11-35)28-21-32-29-27(28)19-24(20-31-29)23-4-3-7-26(18-23)38-17-14-34-12-15-37-16-13-34/h3-4,7-8,18-21,25H,1-2,5-6,9-17H2,(H,31,32)(H,33,36). The molecule has 2 N–H and O–H groups in total. The molecule has 1 saturated heterocycles. The number of rotatable bonds is 7. The van der Waals surface area contributed by atoms with Crippen LogP contribution in [0.3, 0.4) is 0 Å². The van der Waals surface area contributed by atoms with Gasteiger partial charge in [-0.05, 0) is 48.6 Å². The van der Waals surface area contributed by atoms with Gasteiger partial charge >= 0.3 is 6.03 Å². The molecule has 8 nitrogen and oxygen atoms in total. The second-order valence-corrected chi connectivity index (χ2v) is 10.5. The molecule has 2 aliphatic heterocycles. The fourth-order valence-corrected chi connectivity index (χ4v) is 5.74. The topological polar surface area (TPSA) is 82.7 Å². The predicted octanol–water partition coefficient (Wildman–Crippen LogP) is 4.68. The van der Waals surface area contributed by atoms with Gasteiger partial charge in [-0.2, -0.15) is 0 Å². The lowest BCUT2D eigenvalue weighted by atomic mass is 9.98. The fourth-order valence-electron chi connectivity index (χ4n) is 5.74. The predicted molar refractivity (Wildman–Crippen MR) is 149 cm³/mol. The summed E-state index contributed by atoms with van der Waals surface area (Å²) in [5.41, 5.74) is 5.46. The maximum Gasteiger partial charge on any atom is 0.317 e. The smallest absolute Gasteiger partial charge is 0.317 e. The Bertz CT molecular complexity index is 1290. The third-order valence-corrected chi connectivity index (χ3v) is 8.00. The number of fused-ring (bicyclic) bond motifs is 1. The van der Waals surface area contributed by atoms with Gasteiger partial charge in [0.25, 0.3) is 0 Å². The summed E-state index contributed by atoms with van der Waals surface area (Å²) in [4.78, 5) is 25.0. The number of hydrogen-bond donors (Lipinski definition) is 2. The Morgan fingerprint density at radius 3 is 2.82 bits per heavy atom. The third-order valence-electron chi connectivity index (χ3n) is 8.00. The van der Waals surface area contributed by atoms with Gasteiger partial charge < -0.3 is 24.7 Å². The summed E-state index contributed by atoms with van der Waals surface area (Å²) in [7, 11) is 0. The Morgan fingerprint density at radius 2 is 2.00 bits per heavy atom. The van der Waals surface area contributed by atoms with Gasteiger partial charge in [-0.25, -0.2) is 9.78 Å². The zero-order chi connectivity index (χ0) is 25.7. The van der Waals surface area contributed by atoms with Crippen molar-refractivity contribution in [3.63, 3.8) is 0 Å². The second kappa shape index (κ2) is 11.6. The molecule has 200 valence electrons. The molecular formula is C30H37N5O3. The van der Waals surface area contributed by atoms with Crippen molar-refractivity contribution < 1.29 is 14.3 Å². The van der Waals surface area contributed by atoms with Crippen molar-refractivity contribution in [2.24, 2.45) is 0 Å².